The van der Waals surface area contributed by atoms with E-state index in [0.717, 1.165) is 19.5 Å². The molecular weight excluding hydrogens is 314 g/mol. The minimum absolute atomic E-state index is 0.0957. The maximum Gasteiger partial charge on any atom is 0.238 e. The molecule has 5 nitrogen and oxygen atoms in total. The van der Waals surface area contributed by atoms with Crippen molar-refractivity contribution < 1.29 is 9.59 Å². The van der Waals surface area contributed by atoms with E-state index in [9.17, 15) is 9.59 Å². The second kappa shape index (κ2) is 8.31. The summed E-state index contributed by atoms with van der Waals surface area (Å²) in [6.45, 7) is 4.26. The first-order chi connectivity index (χ1) is 10.9. The zero-order chi connectivity index (χ0) is 16.8. The van der Waals surface area contributed by atoms with E-state index >= 15 is 0 Å². The van der Waals surface area contributed by atoms with Crippen molar-refractivity contribution in [2.45, 2.75) is 19.8 Å². The van der Waals surface area contributed by atoms with Gasteiger partial charge in [-0.2, -0.15) is 0 Å². The summed E-state index contributed by atoms with van der Waals surface area (Å²) < 4.78 is 0. The van der Waals surface area contributed by atoms with Crippen LogP contribution in [-0.4, -0.2) is 54.8 Å². The van der Waals surface area contributed by atoms with Gasteiger partial charge in [-0.3, -0.25) is 14.5 Å². The highest BCUT2D eigenvalue weighted by molar-refractivity contribution is 6.30. The van der Waals surface area contributed by atoms with Crippen LogP contribution in [0.3, 0.4) is 0 Å². The van der Waals surface area contributed by atoms with E-state index in [1.54, 1.807) is 36.2 Å². The SMILES string of the molecule is C[C@@H]1CCCN(C(=O)CN(C)CC(=O)Nc2ccc(Cl)cc2)C1. The molecule has 6 heteroatoms. The molecule has 0 aliphatic carbocycles. The standard InChI is InChI=1S/C17H24ClN3O2/c1-13-4-3-9-21(10-13)17(23)12-20(2)11-16(22)19-15-7-5-14(18)6-8-15/h5-8,13H,3-4,9-12H2,1-2H3,(H,19,22)/t13-/m1/s1. The molecule has 1 fully saturated rings. The summed E-state index contributed by atoms with van der Waals surface area (Å²) in [5.74, 6) is 0.513. The second-order valence-electron chi connectivity index (χ2n) is 6.31. The van der Waals surface area contributed by atoms with Crippen LogP contribution in [0.4, 0.5) is 5.69 Å². The van der Waals surface area contributed by atoms with Crippen LogP contribution in [0.15, 0.2) is 24.3 Å². The number of likely N-dealkylation sites (tertiary alicyclic amines) is 1. The number of hydrogen-bond donors (Lipinski definition) is 1. The van der Waals surface area contributed by atoms with Crippen molar-refractivity contribution in [2.24, 2.45) is 5.92 Å². The number of amides is 2. The average Bonchev–Trinajstić information content (AvgIpc) is 2.49. The molecule has 1 aromatic carbocycles. The van der Waals surface area contributed by atoms with Crippen LogP contribution in [0, 0.1) is 5.92 Å². The van der Waals surface area contributed by atoms with Crippen LogP contribution in [-0.2, 0) is 9.59 Å². The van der Waals surface area contributed by atoms with Gasteiger partial charge in [0.1, 0.15) is 0 Å². The minimum Gasteiger partial charge on any atom is -0.341 e. The van der Waals surface area contributed by atoms with Gasteiger partial charge in [-0.05, 0) is 50.1 Å². The Kier molecular flexibility index (Phi) is 6.42. The Balaban J connectivity index is 1.77. The fraction of sp³-hybridized carbons (Fsp3) is 0.529. The molecule has 1 heterocycles. The van der Waals surface area contributed by atoms with Crippen LogP contribution >= 0.6 is 11.6 Å². The van der Waals surface area contributed by atoms with Gasteiger partial charge in [0.05, 0.1) is 13.1 Å². The van der Waals surface area contributed by atoms with Crippen molar-refractivity contribution in [2.75, 3.05) is 38.5 Å². The zero-order valence-corrected chi connectivity index (χ0v) is 14.5. The summed E-state index contributed by atoms with van der Waals surface area (Å²) in [5, 5.41) is 3.42. The normalized spacial score (nSPS) is 18.1. The number of nitrogens with zero attached hydrogens (tertiary/aromatic N) is 2. The average molecular weight is 338 g/mol. The predicted octanol–water partition coefficient (Wildman–Crippen LogP) is 2.47. The van der Waals surface area contributed by atoms with Gasteiger partial charge >= 0.3 is 0 Å². The van der Waals surface area contributed by atoms with Gasteiger partial charge in [-0.1, -0.05) is 18.5 Å². The molecule has 23 heavy (non-hydrogen) atoms. The summed E-state index contributed by atoms with van der Waals surface area (Å²) in [6, 6.07) is 6.95. The molecule has 2 amide bonds. The van der Waals surface area contributed by atoms with E-state index in [1.165, 1.54) is 6.42 Å². The number of carbonyl (C=O) groups is 2. The number of piperidine rings is 1. The molecule has 0 unspecified atom stereocenters. The van der Waals surface area contributed by atoms with Crippen molar-refractivity contribution in [1.29, 1.82) is 0 Å². The molecule has 1 aliphatic rings. The number of hydrogen-bond acceptors (Lipinski definition) is 3. The van der Waals surface area contributed by atoms with Gasteiger partial charge in [0, 0.05) is 23.8 Å². The summed E-state index contributed by atoms with van der Waals surface area (Å²) in [5.41, 5.74) is 0.698. The number of benzene rings is 1. The Bertz CT molecular complexity index is 547. The quantitative estimate of drug-likeness (QED) is 0.898. The Morgan fingerprint density at radius 1 is 1.30 bits per heavy atom. The number of rotatable bonds is 5. The van der Waals surface area contributed by atoms with E-state index in [1.807, 2.05) is 4.90 Å². The molecule has 1 aromatic rings. The van der Waals surface area contributed by atoms with Crippen LogP contribution < -0.4 is 5.32 Å². The number of carbonyl (C=O) groups excluding carboxylic acids is 2. The molecular formula is C17H24ClN3O2. The van der Waals surface area contributed by atoms with E-state index in [-0.39, 0.29) is 24.9 Å². The Morgan fingerprint density at radius 3 is 2.65 bits per heavy atom. The molecule has 1 atom stereocenters. The molecule has 0 bridgehead atoms. The van der Waals surface area contributed by atoms with Crippen molar-refractivity contribution in [3.8, 4) is 0 Å². The van der Waals surface area contributed by atoms with E-state index in [4.69, 9.17) is 11.6 Å². The second-order valence-corrected chi connectivity index (χ2v) is 6.75. The minimum atomic E-state index is -0.144. The maximum atomic E-state index is 12.3. The lowest BCUT2D eigenvalue weighted by Crippen LogP contribution is -2.45. The predicted molar refractivity (Wildman–Crippen MR) is 92.6 cm³/mol. The summed E-state index contributed by atoms with van der Waals surface area (Å²) in [4.78, 5) is 27.9. The van der Waals surface area contributed by atoms with Gasteiger partial charge in [-0.25, -0.2) is 0 Å². The number of nitrogens with one attached hydrogen (secondary N) is 1. The van der Waals surface area contributed by atoms with Crippen LogP contribution in [0.5, 0.6) is 0 Å². The third-order valence-electron chi connectivity index (χ3n) is 3.96. The van der Waals surface area contributed by atoms with Gasteiger partial charge in [-0.15, -0.1) is 0 Å². The lowest BCUT2D eigenvalue weighted by atomic mass is 10.0. The Hall–Kier alpha value is -1.59. The molecule has 1 saturated heterocycles. The summed E-state index contributed by atoms with van der Waals surface area (Å²) in [7, 11) is 1.78. The van der Waals surface area contributed by atoms with E-state index in [0.29, 0.717) is 16.6 Å². The van der Waals surface area contributed by atoms with Gasteiger partial charge in [0.25, 0.3) is 0 Å². The molecule has 0 saturated carbocycles. The summed E-state index contributed by atoms with van der Waals surface area (Å²) >= 11 is 5.81. The van der Waals surface area contributed by atoms with Crippen molar-refractivity contribution in [1.82, 2.24) is 9.80 Å². The van der Waals surface area contributed by atoms with Gasteiger partial charge < -0.3 is 10.2 Å². The third-order valence-corrected chi connectivity index (χ3v) is 4.21. The molecule has 0 radical (unpaired) electrons. The van der Waals surface area contributed by atoms with Crippen molar-refractivity contribution >= 4 is 29.1 Å². The number of likely N-dealkylation sites (N-methyl/N-ethyl adjacent to an activating group) is 1. The largest absolute Gasteiger partial charge is 0.341 e. The molecule has 126 valence electrons. The first-order valence-corrected chi connectivity index (χ1v) is 8.33. The lowest BCUT2D eigenvalue weighted by molar-refractivity contribution is -0.134. The molecule has 1 aliphatic heterocycles. The number of anilines is 1. The lowest BCUT2D eigenvalue weighted by Gasteiger charge is -2.32. The fourth-order valence-electron chi connectivity index (χ4n) is 2.78. The van der Waals surface area contributed by atoms with E-state index in [2.05, 4.69) is 12.2 Å². The Labute approximate surface area is 142 Å². The molecule has 2 rings (SSSR count). The Morgan fingerprint density at radius 2 is 2.00 bits per heavy atom. The first kappa shape index (κ1) is 17.8. The highest BCUT2D eigenvalue weighted by Crippen LogP contribution is 2.16. The summed E-state index contributed by atoms with van der Waals surface area (Å²) in [6.07, 6.45) is 2.25. The highest BCUT2D eigenvalue weighted by atomic mass is 35.5. The van der Waals surface area contributed by atoms with Crippen molar-refractivity contribution in [3.63, 3.8) is 0 Å². The van der Waals surface area contributed by atoms with Gasteiger partial charge in [0.2, 0.25) is 11.8 Å². The molecule has 1 N–H and O–H groups in total. The van der Waals surface area contributed by atoms with Gasteiger partial charge in [0.15, 0.2) is 0 Å². The smallest absolute Gasteiger partial charge is 0.238 e. The third kappa shape index (κ3) is 5.84. The topological polar surface area (TPSA) is 52.7 Å². The monoisotopic (exact) mass is 337 g/mol. The number of halogens is 1. The zero-order valence-electron chi connectivity index (χ0n) is 13.7. The maximum absolute atomic E-state index is 12.3. The van der Waals surface area contributed by atoms with Crippen LogP contribution in [0.1, 0.15) is 19.8 Å². The molecule has 0 aromatic heterocycles. The van der Waals surface area contributed by atoms with E-state index < -0.39 is 0 Å². The molecule has 0 spiro atoms. The highest BCUT2D eigenvalue weighted by Gasteiger charge is 2.22. The van der Waals surface area contributed by atoms with Crippen LogP contribution in [0.25, 0.3) is 0 Å². The van der Waals surface area contributed by atoms with Crippen molar-refractivity contribution in [3.05, 3.63) is 29.3 Å². The van der Waals surface area contributed by atoms with Crippen LogP contribution in [0.2, 0.25) is 5.02 Å². The first-order valence-electron chi connectivity index (χ1n) is 7.96. The fourth-order valence-corrected chi connectivity index (χ4v) is 2.91.